The van der Waals surface area contributed by atoms with Crippen LogP contribution in [0.3, 0.4) is 0 Å². The first-order valence-corrected chi connectivity index (χ1v) is 6.73. The van der Waals surface area contributed by atoms with Gasteiger partial charge >= 0.3 is 6.03 Å². The van der Waals surface area contributed by atoms with E-state index >= 15 is 0 Å². The van der Waals surface area contributed by atoms with Crippen molar-refractivity contribution in [3.8, 4) is 6.07 Å². The fraction of sp³-hybridized carbons (Fsp3) is 0.467. The minimum absolute atomic E-state index is 0.00280. The Morgan fingerprint density at radius 3 is 2.70 bits per heavy atom. The highest BCUT2D eigenvalue weighted by Crippen LogP contribution is 2.20. The Balaban J connectivity index is 2.51. The van der Waals surface area contributed by atoms with Gasteiger partial charge in [-0.1, -0.05) is 19.2 Å². The molecule has 1 N–H and O–H groups in total. The van der Waals surface area contributed by atoms with Gasteiger partial charge in [0.25, 0.3) is 0 Å². The summed E-state index contributed by atoms with van der Waals surface area (Å²) >= 11 is 0. The number of likely N-dealkylation sites (tertiary alicyclic amines) is 1. The molecule has 5 heteroatoms. The molecule has 20 heavy (non-hydrogen) atoms. The average molecular weight is 275 g/mol. The number of urea groups is 1. The maximum atomic E-state index is 11.7. The highest BCUT2D eigenvalue weighted by Gasteiger charge is 2.24. The lowest BCUT2D eigenvalue weighted by Crippen LogP contribution is -2.45. The predicted octanol–water partition coefficient (Wildman–Crippen LogP) is 2.35. The van der Waals surface area contributed by atoms with E-state index in [1.165, 1.54) is 0 Å². The number of amides is 2. The van der Waals surface area contributed by atoms with Crippen LogP contribution >= 0.6 is 0 Å². The first kappa shape index (κ1) is 15.8. The van der Waals surface area contributed by atoms with Crippen molar-refractivity contribution in [2.75, 3.05) is 19.6 Å². The van der Waals surface area contributed by atoms with Crippen LogP contribution in [0.15, 0.2) is 36.6 Å². The van der Waals surface area contributed by atoms with Crippen LogP contribution in [0.5, 0.6) is 0 Å². The van der Waals surface area contributed by atoms with Crippen molar-refractivity contribution in [2.24, 2.45) is 0 Å². The summed E-state index contributed by atoms with van der Waals surface area (Å²) in [5.41, 5.74) is 0.288. The molecule has 1 fully saturated rings. The first-order valence-electron chi connectivity index (χ1n) is 6.73. The fourth-order valence-corrected chi connectivity index (χ4v) is 1.99. The summed E-state index contributed by atoms with van der Waals surface area (Å²) in [6.07, 6.45) is 4.69. The lowest BCUT2D eigenvalue weighted by atomic mass is 10.1. The molecule has 0 atom stereocenters. The molecule has 0 saturated carbocycles. The normalized spacial score (nSPS) is 16.2. The van der Waals surface area contributed by atoms with E-state index < -0.39 is 0 Å². The van der Waals surface area contributed by atoms with Gasteiger partial charge in [0.1, 0.15) is 17.9 Å². The highest BCUT2D eigenvalue weighted by molar-refractivity contribution is 5.74. The van der Waals surface area contributed by atoms with Crippen LogP contribution in [0.2, 0.25) is 0 Å². The van der Waals surface area contributed by atoms with E-state index in [1.54, 1.807) is 17.1 Å². The Morgan fingerprint density at radius 1 is 1.55 bits per heavy atom. The van der Waals surface area contributed by atoms with Crippen LogP contribution in [-0.2, 0) is 4.74 Å². The smallest absolute Gasteiger partial charge is 0.317 e. The number of allylic oxidation sites excluding steroid dienone is 3. The van der Waals surface area contributed by atoms with Gasteiger partial charge in [-0.2, -0.15) is 5.26 Å². The van der Waals surface area contributed by atoms with Crippen molar-refractivity contribution in [2.45, 2.75) is 25.9 Å². The molecule has 1 saturated heterocycles. The van der Waals surface area contributed by atoms with Gasteiger partial charge in [0, 0.05) is 32.5 Å². The van der Waals surface area contributed by atoms with Crippen LogP contribution in [0.1, 0.15) is 19.8 Å². The summed E-state index contributed by atoms with van der Waals surface area (Å²) in [5.74, 6) is 0.457. The Labute approximate surface area is 120 Å². The van der Waals surface area contributed by atoms with E-state index in [1.807, 2.05) is 13.0 Å². The quantitative estimate of drug-likeness (QED) is 0.476. The molecule has 0 aromatic heterocycles. The average Bonchev–Trinajstić information content (AvgIpc) is 2.47. The second-order valence-corrected chi connectivity index (χ2v) is 4.50. The zero-order chi connectivity index (χ0) is 15.0. The van der Waals surface area contributed by atoms with E-state index in [9.17, 15) is 4.79 Å². The zero-order valence-electron chi connectivity index (χ0n) is 11.9. The monoisotopic (exact) mass is 275 g/mol. The van der Waals surface area contributed by atoms with Crippen molar-refractivity contribution in [3.63, 3.8) is 0 Å². The van der Waals surface area contributed by atoms with E-state index in [-0.39, 0.29) is 17.7 Å². The number of rotatable bonds is 5. The molecule has 0 radical (unpaired) electrons. The van der Waals surface area contributed by atoms with Gasteiger partial charge in [0.05, 0.1) is 5.57 Å². The largest absolute Gasteiger partial charge is 0.489 e. The lowest BCUT2D eigenvalue weighted by Gasteiger charge is -2.32. The summed E-state index contributed by atoms with van der Waals surface area (Å²) in [6, 6.07) is 1.94. The molecule has 1 aliphatic rings. The molecular formula is C15H21N3O2. The number of nitriles is 1. The topological polar surface area (TPSA) is 65.4 Å². The number of piperidine rings is 1. The second kappa shape index (κ2) is 8.05. The van der Waals surface area contributed by atoms with Gasteiger partial charge in [-0.3, -0.25) is 0 Å². The van der Waals surface area contributed by atoms with Crippen molar-refractivity contribution >= 4 is 6.03 Å². The van der Waals surface area contributed by atoms with E-state index in [2.05, 4.69) is 18.5 Å². The predicted molar refractivity (Wildman–Crippen MR) is 77.8 cm³/mol. The van der Waals surface area contributed by atoms with Gasteiger partial charge in [0.2, 0.25) is 0 Å². The van der Waals surface area contributed by atoms with E-state index in [0.29, 0.717) is 25.4 Å². The number of carbonyl (C=O) groups excluding carboxylic acids is 1. The third-order valence-corrected chi connectivity index (χ3v) is 3.05. The van der Waals surface area contributed by atoms with E-state index in [0.717, 1.165) is 12.8 Å². The maximum Gasteiger partial charge on any atom is 0.317 e. The summed E-state index contributed by atoms with van der Waals surface area (Å²) in [4.78, 5) is 13.5. The first-order chi connectivity index (χ1) is 9.62. The molecule has 108 valence electrons. The molecule has 0 aromatic carbocycles. The van der Waals surface area contributed by atoms with E-state index in [4.69, 9.17) is 10.00 Å². The third-order valence-electron chi connectivity index (χ3n) is 3.05. The Morgan fingerprint density at radius 2 is 2.20 bits per heavy atom. The number of hydrogen-bond acceptors (Lipinski definition) is 3. The number of carbonyl (C=O) groups is 1. The second-order valence-electron chi connectivity index (χ2n) is 4.50. The number of hydrogen-bond donors (Lipinski definition) is 1. The van der Waals surface area contributed by atoms with Crippen LogP contribution in [0.25, 0.3) is 0 Å². The lowest BCUT2D eigenvalue weighted by molar-refractivity contribution is 0.0646. The van der Waals surface area contributed by atoms with Crippen LogP contribution in [-0.4, -0.2) is 36.7 Å². The van der Waals surface area contributed by atoms with Crippen molar-refractivity contribution in [3.05, 3.63) is 36.6 Å². The third kappa shape index (κ3) is 4.47. The summed E-state index contributed by atoms with van der Waals surface area (Å²) in [7, 11) is 0. The molecule has 2 amide bonds. The number of ether oxygens (including phenoxy) is 1. The Kier molecular flexibility index (Phi) is 6.38. The van der Waals surface area contributed by atoms with Crippen molar-refractivity contribution in [1.29, 1.82) is 5.26 Å². The molecule has 0 unspecified atom stereocenters. The Hall–Kier alpha value is -2.22. The SMILES string of the molecule is C=C/C=C(/OC1CCN(C(=O)NCC)CC1)C(=C)C#N. The maximum absolute atomic E-state index is 11.7. The number of nitrogens with one attached hydrogen (secondary N) is 1. The number of nitrogens with zero attached hydrogens (tertiary/aromatic N) is 2. The molecule has 5 nitrogen and oxygen atoms in total. The summed E-state index contributed by atoms with van der Waals surface area (Å²) in [6.45, 7) is 11.1. The van der Waals surface area contributed by atoms with Gasteiger partial charge in [-0.05, 0) is 13.0 Å². The summed E-state index contributed by atoms with van der Waals surface area (Å²) in [5, 5.41) is 11.7. The van der Waals surface area contributed by atoms with Crippen LogP contribution in [0.4, 0.5) is 4.79 Å². The molecular weight excluding hydrogens is 254 g/mol. The molecule has 0 aromatic rings. The van der Waals surface area contributed by atoms with Crippen molar-refractivity contribution in [1.82, 2.24) is 10.2 Å². The van der Waals surface area contributed by atoms with Crippen molar-refractivity contribution < 1.29 is 9.53 Å². The highest BCUT2D eigenvalue weighted by atomic mass is 16.5. The minimum Gasteiger partial charge on any atom is -0.489 e. The molecule has 0 aliphatic carbocycles. The standard InChI is InChI=1S/C15H21N3O2/c1-4-6-14(12(3)11-16)20-13-7-9-18(10-8-13)15(19)17-5-2/h4,6,13H,1,3,5,7-10H2,2H3,(H,17,19)/b14-6+. The summed E-state index contributed by atoms with van der Waals surface area (Å²) < 4.78 is 5.78. The molecule has 1 rings (SSSR count). The Bertz CT molecular complexity index is 441. The molecule has 1 heterocycles. The molecule has 0 spiro atoms. The van der Waals surface area contributed by atoms with Gasteiger partial charge < -0.3 is 15.0 Å². The van der Waals surface area contributed by atoms with Gasteiger partial charge in [0.15, 0.2) is 0 Å². The molecule has 0 bridgehead atoms. The fourth-order valence-electron chi connectivity index (χ4n) is 1.99. The van der Waals surface area contributed by atoms with Crippen LogP contribution in [0, 0.1) is 11.3 Å². The van der Waals surface area contributed by atoms with Gasteiger partial charge in [-0.15, -0.1) is 0 Å². The van der Waals surface area contributed by atoms with Crippen LogP contribution < -0.4 is 5.32 Å². The molecule has 1 aliphatic heterocycles. The van der Waals surface area contributed by atoms with Gasteiger partial charge in [-0.25, -0.2) is 4.79 Å². The zero-order valence-corrected chi connectivity index (χ0v) is 11.9. The minimum atomic E-state index is -0.0331.